The number of carbonyl (C=O) groups is 1. The van der Waals surface area contributed by atoms with E-state index in [0.717, 1.165) is 25.3 Å². The van der Waals surface area contributed by atoms with Crippen molar-refractivity contribution < 1.29 is 4.79 Å². The Hall–Kier alpha value is -2.99. The molecule has 2 aromatic carbocycles. The van der Waals surface area contributed by atoms with Crippen molar-refractivity contribution in [2.45, 2.75) is 6.54 Å². The Morgan fingerprint density at radius 2 is 1.54 bits per heavy atom. The molecule has 3 aromatic rings. The fourth-order valence-electron chi connectivity index (χ4n) is 3.16. The number of para-hydroxylation sites is 1. The maximum atomic E-state index is 12.7. The Labute approximate surface area is 152 Å². The van der Waals surface area contributed by atoms with Crippen LogP contribution in [0.1, 0.15) is 16.2 Å². The average molecular weight is 347 g/mol. The third-order valence-electron chi connectivity index (χ3n) is 4.61. The van der Waals surface area contributed by atoms with Crippen LogP contribution in [0.4, 0.5) is 0 Å². The molecule has 0 spiro atoms. The highest BCUT2D eigenvalue weighted by Gasteiger charge is 2.24. The fourth-order valence-corrected chi connectivity index (χ4v) is 3.16. The van der Waals surface area contributed by atoms with Gasteiger partial charge in [0.05, 0.1) is 5.69 Å². The second kappa shape index (κ2) is 7.49. The molecule has 0 atom stereocenters. The van der Waals surface area contributed by atoms with Gasteiger partial charge in [-0.05, 0) is 17.7 Å². The molecule has 6 heteroatoms. The van der Waals surface area contributed by atoms with E-state index in [2.05, 4.69) is 39.2 Å². The number of aromatic nitrogens is 3. The Morgan fingerprint density at radius 3 is 2.23 bits per heavy atom. The first-order valence-corrected chi connectivity index (χ1v) is 8.82. The van der Waals surface area contributed by atoms with Crippen LogP contribution < -0.4 is 0 Å². The van der Waals surface area contributed by atoms with Gasteiger partial charge in [-0.3, -0.25) is 9.69 Å². The molecule has 1 aliphatic rings. The molecule has 0 aliphatic carbocycles. The monoisotopic (exact) mass is 347 g/mol. The van der Waals surface area contributed by atoms with Gasteiger partial charge in [0.15, 0.2) is 0 Å². The summed E-state index contributed by atoms with van der Waals surface area (Å²) >= 11 is 0. The van der Waals surface area contributed by atoms with E-state index < -0.39 is 0 Å². The minimum atomic E-state index is -0.0981. The van der Waals surface area contributed by atoms with Gasteiger partial charge < -0.3 is 4.90 Å². The number of hydrogen-bond donors (Lipinski definition) is 0. The SMILES string of the molecule is O=C(c1ncn(-c2ccccc2)n1)N1CCN(Cc2ccccc2)CC1. The molecule has 4 rings (SSSR count). The summed E-state index contributed by atoms with van der Waals surface area (Å²) in [5.74, 6) is 0.157. The van der Waals surface area contributed by atoms with E-state index in [1.165, 1.54) is 5.56 Å². The molecule has 0 N–H and O–H groups in total. The topological polar surface area (TPSA) is 54.3 Å². The van der Waals surface area contributed by atoms with Gasteiger partial charge in [0.1, 0.15) is 6.33 Å². The summed E-state index contributed by atoms with van der Waals surface area (Å²) in [5, 5.41) is 4.34. The molecule has 1 aliphatic heterocycles. The molecule has 0 unspecified atom stereocenters. The molecule has 0 saturated carbocycles. The summed E-state index contributed by atoms with van der Waals surface area (Å²) in [6, 6.07) is 20.1. The smallest absolute Gasteiger partial charge is 0.293 e. The molecule has 1 saturated heterocycles. The van der Waals surface area contributed by atoms with E-state index >= 15 is 0 Å². The van der Waals surface area contributed by atoms with Crippen LogP contribution in [0, 0.1) is 0 Å². The standard InChI is InChI=1S/C20H21N5O/c26-20(19-21-16-25(22-19)18-9-5-2-6-10-18)24-13-11-23(12-14-24)15-17-7-3-1-4-8-17/h1-10,16H,11-15H2. The second-order valence-corrected chi connectivity index (χ2v) is 6.40. The van der Waals surface area contributed by atoms with E-state index in [9.17, 15) is 4.79 Å². The van der Waals surface area contributed by atoms with Gasteiger partial charge in [0.25, 0.3) is 5.91 Å². The largest absolute Gasteiger partial charge is 0.333 e. The summed E-state index contributed by atoms with van der Waals surface area (Å²) in [6.07, 6.45) is 1.59. The maximum absolute atomic E-state index is 12.7. The van der Waals surface area contributed by atoms with Crippen molar-refractivity contribution in [3.63, 3.8) is 0 Å². The van der Waals surface area contributed by atoms with E-state index in [-0.39, 0.29) is 11.7 Å². The number of benzene rings is 2. The molecule has 1 amide bonds. The average Bonchev–Trinajstić information content (AvgIpc) is 3.20. The zero-order valence-corrected chi connectivity index (χ0v) is 14.5. The van der Waals surface area contributed by atoms with Crippen LogP contribution in [0.5, 0.6) is 0 Å². The van der Waals surface area contributed by atoms with Crippen molar-refractivity contribution in [2.24, 2.45) is 0 Å². The Bertz CT molecular complexity index is 854. The molecule has 6 nitrogen and oxygen atoms in total. The molecule has 0 bridgehead atoms. The van der Waals surface area contributed by atoms with Gasteiger partial charge in [0, 0.05) is 32.7 Å². The molecule has 132 valence electrons. The van der Waals surface area contributed by atoms with Gasteiger partial charge in [-0.1, -0.05) is 48.5 Å². The van der Waals surface area contributed by atoms with Gasteiger partial charge in [-0.15, -0.1) is 5.10 Å². The highest BCUT2D eigenvalue weighted by Crippen LogP contribution is 2.11. The van der Waals surface area contributed by atoms with Crippen molar-refractivity contribution in [2.75, 3.05) is 26.2 Å². The highest BCUT2D eigenvalue weighted by molar-refractivity contribution is 5.90. The van der Waals surface area contributed by atoms with E-state index in [0.29, 0.717) is 13.1 Å². The molecule has 1 fully saturated rings. The summed E-state index contributed by atoms with van der Waals surface area (Å²) in [7, 11) is 0. The lowest BCUT2D eigenvalue weighted by Crippen LogP contribution is -2.48. The molecular weight excluding hydrogens is 326 g/mol. The maximum Gasteiger partial charge on any atom is 0.293 e. The van der Waals surface area contributed by atoms with Crippen molar-refractivity contribution in [3.8, 4) is 5.69 Å². The van der Waals surface area contributed by atoms with Crippen molar-refractivity contribution >= 4 is 5.91 Å². The van der Waals surface area contributed by atoms with E-state index in [1.807, 2.05) is 41.3 Å². The quantitative estimate of drug-likeness (QED) is 0.726. The van der Waals surface area contributed by atoms with Gasteiger partial charge in [-0.25, -0.2) is 9.67 Å². The fraction of sp³-hybridized carbons (Fsp3) is 0.250. The number of piperazine rings is 1. The van der Waals surface area contributed by atoms with Crippen molar-refractivity contribution in [3.05, 3.63) is 78.4 Å². The van der Waals surface area contributed by atoms with Crippen LogP contribution in [0.25, 0.3) is 5.69 Å². The highest BCUT2D eigenvalue weighted by atomic mass is 16.2. The normalized spacial score (nSPS) is 15.2. The molecule has 26 heavy (non-hydrogen) atoms. The third kappa shape index (κ3) is 3.65. The summed E-state index contributed by atoms with van der Waals surface area (Å²) < 4.78 is 1.64. The second-order valence-electron chi connectivity index (χ2n) is 6.40. The van der Waals surface area contributed by atoms with Crippen LogP contribution in [-0.4, -0.2) is 56.7 Å². The number of rotatable bonds is 4. The van der Waals surface area contributed by atoms with Crippen LogP contribution >= 0.6 is 0 Å². The van der Waals surface area contributed by atoms with E-state index in [4.69, 9.17) is 0 Å². The Kier molecular flexibility index (Phi) is 4.75. The Balaban J connectivity index is 1.36. The summed E-state index contributed by atoms with van der Waals surface area (Å²) in [6.45, 7) is 4.04. The van der Waals surface area contributed by atoms with Gasteiger partial charge in [-0.2, -0.15) is 0 Å². The van der Waals surface area contributed by atoms with Crippen LogP contribution in [-0.2, 0) is 6.54 Å². The number of nitrogens with zero attached hydrogens (tertiary/aromatic N) is 5. The van der Waals surface area contributed by atoms with Gasteiger partial charge >= 0.3 is 0 Å². The van der Waals surface area contributed by atoms with Crippen molar-refractivity contribution in [1.29, 1.82) is 0 Å². The first-order valence-electron chi connectivity index (χ1n) is 8.82. The predicted molar refractivity (Wildman–Crippen MR) is 99.0 cm³/mol. The molecule has 1 aromatic heterocycles. The number of hydrogen-bond acceptors (Lipinski definition) is 4. The van der Waals surface area contributed by atoms with Crippen LogP contribution in [0.3, 0.4) is 0 Å². The summed E-state index contributed by atoms with van der Waals surface area (Å²) in [5.41, 5.74) is 2.20. The predicted octanol–water partition coefficient (Wildman–Crippen LogP) is 2.23. The number of carbonyl (C=O) groups excluding carboxylic acids is 1. The zero-order valence-electron chi connectivity index (χ0n) is 14.5. The lowest BCUT2D eigenvalue weighted by Gasteiger charge is -2.34. The van der Waals surface area contributed by atoms with E-state index in [1.54, 1.807) is 11.0 Å². The van der Waals surface area contributed by atoms with Gasteiger partial charge in [0.2, 0.25) is 5.82 Å². The minimum Gasteiger partial charge on any atom is -0.333 e. The lowest BCUT2D eigenvalue weighted by molar-refractivity contribution is 0.0616. The zero-order chi connectivity index (χ0) is 17.8. The third-order valence-corrected chi connectivity index (χ3v) is 4.61. The molecular formula is C20H21N5O. The Morgan fingerprint density at radius 1 is 0.885 bits per heavy atom. The first kappa shape index (κ1) is 16.5. The van der Waals surface area contributed by atoms with Crippen LogP contribution in [0.15, 0.2) is 67.0 Å². The minimum absolute atomic E-state index is 0.0981. The molecule has 0 radical (unpaired) electrons. The molecule has 2 heterocycles. The van der Waals surface area contributed by atoms with Crippen molar-refractivity contribution in [1.82, 2.24) is 24.6 Å². The number of amides is 1. The lowest BCUT2D eigenvalue weighted by atomic mass is 10.2. The first-order chi connectivity index (χ1) is 12.8. The van der Waals surface area contributed by atoms with Crippen LogP contribution in [0.2, 0.25) is 0 Å². The summed E-state index contributed by atoms with van der Waals surface area (Å²) in [4.78, 5) is 21.1.